The third kappa shape index (κ3) is 2.24. The first kappa shape index (κ1) is 11.6. The highest BCUT2D eigenvalue weighted by Gasteiger charge is 2.16. The lowest BCUT2D eigenvalue weighted by Crippen LogP contribution is -2.19. The number of aromatic nitrogens is 2. The zero-order chi connectivity index (χ0) is 13.4. The van der Waals surface area contributed by atoms with Gasteiger partial charge in [-0.15, -0.1) is 0 Å². The second-order valence-electron chi connectivity index (χ2n) is 4.67. The van der Waals surface area contributed by atoms with Gasteiger partial charge in [0.2, 0.25) is 5.91 Å². The molecule has 0 aliphatic carbocycles. The molecule has 0 radical (unpaired) electrons. The van der Waals surface area contributed by atoms with Crippen LogP contribution in [-0.2, 0) is 18.3 Å². The zero-order valence-electron chi connectivity index (χ0n) is 10.6. The third-order valence-electron chi connectivity index (χ3n) is 3.15. The van der Waals surface area contributed by atoms with Crippen LogP contribution in [0.5, 0.6) is 0 Å². The highest BCUT2D eigenvalue weighted by molar-refractivity contribution is 5.95. The number of nitrogen functional groups attached to an aromatic ring is 1. The molecule has 1 aliphatic rings. The number of nitrogens with one attached hydrogen (secondary N) is 2. The fraction of sp³-hybridized carbons (Fsp3) is 0.231. The lowest BCUT2D eigenvalue weighted by molar-refractivity contribution is -0.116. The maximum atomic E-state index is 11.3. The maximum absolute atomic E-state index is 11.3. The molecule has 4 N–H and O–H groups in total. The highest BCUT2D eigenvalue weighted by atomic mass is 16.1. The molecule has 0 unspecified atom stereocenters. The summed E-state index contributed by atoms with van der Waals surface area (Å²) in [7, 11) is 1.86. The molecule has 98 valence electrons. The predicted octanol–water partition coefficient (Wildman–Crippen LogP) is 1.63. The smallest absolute Gasteiger partial charge is 0.224 e. The van der Waals surface area contributed by atoms with E-state index >= 15 is 0 Å². The Morgan fingerprint density at radius 2 is 2.26 bits per heavy atom. The zero-order valence-corrected chi connectivity index (χ0v) is 10.6. The van der Waals surface area contributed by atoms with Gasteiger partial charge in [-0.05, 0) is 24.1 Å². The van der Waals surface area contributed by atoms with E-state index in [1.54, 1.807) is 16.9 Å². The largest absolute Gasteiger partial charge is 0.397 e. The highest BCUT2D eigenvalue weighted by Crippen LogP contribution is 2.32. The van der Waals surface area contributed by atoms with E-state index in [1.165, 1.54) is 0 Å². The van der Waals surface area contributed by atoms with Gasteiger partial charge in [-0.2, -0.15) is 5.10 Å². The molecule has 2 aromatic rings. The van der Waals surface area contributed by atoms with E-state index < -0.39 is 0 Å². The number of amides is 1. The Hall–Kier alpha value is -2.50. The van der Waals surface area contributed by atoms with E-state index in [9.17, 15) is 4.79 Å². The number of carbonyl (C=O) groups is 1. The first-order valence-electron chi connectivity index (χ1n) is 6.10. The summed E-state index contributed by atoms with van der Waals surface area (Å²) in [4.78, 5) is 11.3. The molecule has 2 heterocycles. The van der Waals surface area contributed by atoms with E-state index in [-0.39, 0.29) is 5.91 Å². The van der Waals surface area contributed by atoms with Crippen molar-refractivity contribution in [2.24, 2.45) is 7.05 Å². The average Bonchev–Trinajstić information content (AvgIpc) is 2.76. The SMILES string of the molecule is Cn1cc(Nc2cc3c(cc2N)NC(=O)CC3)cn1. The minimum atomic E-state index is 0.0415. The van der Waals surface area contributed by atoms with Crippen molar-refractivity contribution in [3.8, 4) is 0 Å². The van der Waals surface area contributed by atoms with Gasteiger partial charge in [-0.3, -0.25) is 9.48 Å². The van der Waals surface area contributed by atoms with Gasteiger partial charge < -0.3 is 16.4 Å². The molecule has 0 spiro atoms. The number of benzene rings is 1. The molecule has 0 saturated carbocycles. The summed E-state index contributed by atoms with van der Waals surface area (Å²) in [6.07, 6.45) is 4.87. The molecule has 6 heteroatoms. The number of hydrogen-bond donors (Lipinski definition) is 3. The summed E-state index contributed by atoms with van der Waals surface area (Å²) in [6, 6.07) is 3.78. The monoisotopic (exact) mass is 257 g/mol. The third-order valence-corrected chi connectivity index (χ3v) is 3.15. The quantitative estimate of drug-likeness (QED) is 0.714. The van der Waals surface area contributed by atoms with Crippen LogP contribution in [0.4, 0.5) is 22.7 Å². The van der Waals surface area contributed by atoms with E-state index in [0.717, 1.165) is 29.0 Å². The van der Waals surface area contributed by atoms with Gasteiger partial charge in [0.1, 0.15) is 0 Å². The fourth-order valence-electron chi connectivity index (χ4n) is 2.19. The van der Waals surface area contributed by atoms with Crippen LogP contribution in [-0.4, -0.2) is 15.7 Å². The Kier molecular flexibility index (Phi) is 2.63. The van der Waals surface area contributed by atoms with E-state index in [2.05, 4.69) is 15.7 Å². The summed E-state index contributed by atoms with van der Waals surface area (Å²) in [5.74, 6) is 0.0415. The molecule has 0 atom stereocenters. The molecule has 0 saturated heterocycles. The predicted molar refractivity (Wildman–Crippen MR) is 74.3 cm³/mol. The molecule has 3 rings (SSSR count). The van der Waals surface area contributed by atoms with Gasteiger partial charge in [-0.1, -0.05) is 0 Å². The number of hydrogen-bond acceptors (Lipinski definition) is 4. The van der Waals surface area contributed by atoms with Gasteiger partial charge in [0.25, 0.3) is 0 Å². The number of nitrogens with two attached hydrogens (primary N) is 1. The number of nitrogens with zero attached hydrogens (tertiary/aromatic N) is 2. The van der Waals surface area contributed by atoms with Crippen LogP contribution in [0, 0.1) is 0 Å². The Labute approximate surface area is 110 Å². The van der Waals surface area contributed by atoms with Gasteiger partial charge >= 0.3 is 0 Å². The van der Waals surface area contributed by atoms with Crippen LogP contribution in [0.3, 0.4) is 0 Å². The summed E-state index contributed by atoms with van der Waals surface area (Å²) in [5, 5.41) is 10.2. The Bertz CT molecular complexity index is 646. The van der Waals surface area contributed by atoms with E-state index in [4.69, 9.17) is 5.73 Å². The normalized spacial score (nSPS) is 13.8. The minimum absolute atomic E-state index is 0.0415. The van der Waals surface area contributed by atoms with Crippen molar-refractivity contribution in [2.45, 2.75) is 12.8 Å². The van der Waals surface area contributed by atoms with Crippen molar-refractivity contribution >= 4 is 28.7 Å². The average molecular weight is 257 g/mol. The Balaban J connectivity index is 1.92. The van der Waals surface area contributed by atoms with Crippen molar-refractivity contribution in [3.05, 3.63) is 30.1 Å². The molecule has 19 heavy (non-hydrogen) atoms. The number of carbonyl (C=O) groups excluding carboxylic acids is 1. The number of aryl methyl sites for hydroxylation is 2. The van der Waals surface area contributed by atoms with Crippen molar-refractivity contribution in [1.82, 2.24) is 9.78 Å². The number of rotatable bonds is 2. The molecular weight excluding hydrogens is 242 g/mol. The van der Waals surface area contributed by atoms with Gasteiger partial charge in [0.15, 0.2) is 0 Å². The second kappa shape index (κ2) is 4.31. The van der Waals surface area contributed by atoms with Crippen LogP contribution >= 0.6 is 0 Å². The van der Waals surface area contributed by atoms with Gasteiger partial charge in [-0.25, -0.2) is 0 Å². The van der Waals surface area contributed by atoms with Crippen molar-refractivity contribution < 1.29 is 4.79 Å². The Morgan fingerprint density at radius 3 is 3.00 bits per heavy atom. The molecule has 0 bridgehead atoms. The van der Waals surface area contributed by atoms with Crippen LogP contribution < -0.4 is 16.4 Å². The molecule has 1 aliphatic heterocycles. The number of anilines is 4. The molecule has 1 aromatic carbocycles. The van der Waals surface area contributed by atoms with E-state index in [1.807, 2.05) is 19.3 Å². The van der Waals surface area contributed by atoms with Crippen molar-refractivity contribution in [1.29, 1.82) is 0 Å². The second-order valence-corrected chi connectivity index (χ2v) is 4.67. The lowest BCUT2D eigenvalue weighted by atomic mass is 10.0. The van der Waals surface area contributed by atoms with Crippen molar-refractivity contribution in [2.75, 3.05) is 16.4 Å². The molecule has 1 aromatic heterocycles. The van der Waals surface area contributed by atoms with Crippen LogP contribution in [0.25, 0.3) is 0 Å². The molecular formula is C13H15N5O. The van der Waals surface area contributed by atoms with Gasteiger partial charge in [0.05, 0.1) is 23.3 Å². The fourth-order valence-corrected chi connectivity index (χ4v) is 2.19. The van der Waals surface area contributed by atoms with Crippen LogP contribution in [0.15, 0.2) is 24.5 Å². The first-order chi connectivity index (χ1) is 9.11. The van der Waals surface area contributed by atoms with Crippen LogP contribution in [0.1, 0.15) is 12.0 Å². The topological polar surface area (TPSA) is 85.0 Å². The summed E-state index contributed by atoms with van der Waals surface area (Å²) < 4.78 is 1.72. The summed E-state index contributed by atoms with van der Waals surface area (Å²) in [5.41, 5.74) is 10.2. The van der Waals surface area contributed by atoms with Crippen LogP contribution in [0.2, 0.25) is 0 Å². The first-order valence-corrected chi connectivity index (χ1v) is 6.10. The summed E-state index contributed by atoms with van der Waals surface area (Å²) >= 11 is 0. The maximum Gasteiger partial charge on any atom is 0.224 e. The Morgan fingerprint density at radius 1 is 1.42 bits per heavy atom. The van der Waals surface area contributed by atoms with Crippen molar-refractivity contribution in [3.63, 3.8) is 0 Å². The lowest BCUT2D eigenvalue weighted by Gasteiger charge is -2.19. The molecule has 6 nitrogen and oxygen atoms in total. The van der Waals surface area contributed by atoms with Gasteiger partial charge in [0, 0.05) is 25.4 Å². The van der Waals surface area contributed by atoms with E-state index in [0.29, 0.717) is 12.1 Å². The standard InChI is InChI=1S/C13H15N5O/c1-18-7-9(6-15-18)16-12-4-8-2-3-13(19)17-11(8)5-10(12)14/h4-7,16H,2-3,14H2,1H3,(H,17,19). The minimum Gasteiger partial charge on any atom is -0.397 e. The molecule has 1 amide bonds. The number of fused-ring (bicyclic) bond motifs is 1. The summed E-state index contributed by atoms with van der Waals surface area (Å²) in [6.45, 7) is 0. The molecule has 0 fully saturated rings.